The minimum absolute atomic E-state index is 0.0569. The van der Waals surface area contributed by atoms with Gasteiger partial charge in [0, 0.05) is 27.8 Å². The van der Waals surface area contributed by atoms with Gasteiger partial charge in [-0.1, -0.05) is 0 Å². The normalized spacial score (nSPS) is 16.0. The van der Waals surface area contributed by atoms with Gasteiger partial charge < -0.3 is 19.1 Å². The van der Waals surface area contributed by atoms with E-state index in [2.05, 4.69) is 0 Å². The van der Waals surface area contributed by atoms with E-state index < -0.39 is 12.1 Å². The number of rotatable bonds is 9. The second-order valence-corrected chi connectivity index (χ2v) is 4.84. The quantitative estimate of drug-likeness (QED) is 0.425. The lowest BCUT2D eigenvalue weighted by Gasteiger charge is -2.29. The van der Waals surface area contributed by atoms with E-state index in [-0.39, 0.29) is 25.8 Å². The Morgan fingerprint density at radius 2 is 1.77 bits per heavy atom. The lowest BCUT2D eigenvalue weighted by molar-refractivity contribution is -0.116. The Morgan fingerprint density at radius 1 is 1.18 bits per heavy atom. The summed E-state index contributed by atoms with van der Waals surface area (Å²) in [6, 6.07) is -1.19. The summed E-state index contributed by atoms with van der Waals surface area (Å²) >= 11 is 0. The van der Waals surface area contributed by atoms with E-state index in [0.717, 1.165) is 9.80 Å². The van der Waals surface area contributed by atoms with Gasteiger partial charge in [0.15, 0.2) is 0 Å². The van der Waals surface area contributed by atoms with Crippen molar-refractivity contribution in [3.8, 4) is 0 Å². The largest absolute Gasteiger partial charge is 0.383 e. The first-order chi connectivity index (χ1) is 10.5. The Bertz CT molecular complexity index is 388. The Hall–Kier alpha value is -1.71. The number of imide groups is 2. The van der Waals surface area contributed by atoms with Gasteiger partial charge in [0.25, 0.3) is 0 Å². The van der Waals surface area contributed by atoms with Gasteiger partial charge in [0.1, 0.15) is 0 Å². The molecular formula is C13H23N3O6. The first kappa shape index (κ1) is 18.3. The molecule has 0 radical (unpaired) electrons. The monoisotopic (exact) mass is 317 g/mol. The van der Waals surface area contributed by atoms with Crippen LogP contribution in [0, 0.1) is 0 Å². The molecule has 1 atom stereocenters. The van der Waals surface area contributed by atoms with Crippen LogP contribution >= 0.6 is 0 Å². The number of epoxide rings is 1. The fraction of sp³-hybridized carbons (Fsp3) is 0.769. The highest BCUT2D eigenvalue weighted by molar-refractivity contribution is 5.97. The lowest BCUT2D eigenvalue weighted by atomic mass is 10.4. The van der Waals surface area contributed by atoms with Gasteiger partial charge in [-0.25, -0.2) is 14.5 Å². The van der Waals surface area contributed by atoms with Crippen LogP contribution in [0.2, 0.25) is 0 Å². The highest BCUT2D eigenvalue weighted by Gasteiger charge is 2.33. The fourth-order valence-corrected chi connectivity index (χ4v) is 1.70. The molecule has 0 aromatic rings. The van der Waals surface area contributed by atoms with Gasteiger partial charge in [-0.2, -0.15) is 0 Å². The van der Waals surface area contributed by atoms with Crippen LogP contribution in [0.15, 0.2) is 0 Å². The van der Waals surface area contributed by atoms with Crippen LogP contribution in [-0.4, -0.2) is 100.0 Å². The molecule has 9 heteroatoms. The molecule has 0 spiro atoms. The zero-order chi connectivity index (χ0) is 16.5. The van der Waals surface area contributed by atoms with Gasteiger partial charge in [0.2, 0.25) is 6.41 Å². The number of hydrogen-bond acceptors (Lipinski definition) is 6. The topological polar surface area (TPSA) is 91.9 Å². The summed E-state index contributed by atoms with van der Waals surface area (Å²) in [7, 11) is 4.55. The summed E-state index contributed by atoms with van der Waals surface area (Å²) in [5.41, 5.74) is 0. The predicted molar refractivity (Wildman–Crippen MR) is 76.4 cm³/mol. The van der Waals surface area contributed by atoms with Crippen LogP contribution in [0.3, 0.4) is 0 Å². The number of likely N-dealkylation sites (N-methyl/N-ethyl adjacent to an activating group) is 1. The van der Waals surface area contributed by atoms with Crippen molar-refractivity contribution in [1.82, 2.24) is 14.7 Å². The van der Waals surface area contributed by atoms with Crippen molar-refractivity contribution in [3.63, 3.8) is 0 Å². The summed E-state index contributed by atoms with van der Waals surface area (Å²) < 4.78 is 14.8. The summed E-state index contributed by atoms with van der Waals surface area (Å²) in [6.07, 6.45) is 0.270. The molecule has 1 unspecified atom stereocenters. The third-order valence-corrected chi connectivity index (χ3v) is 3.11. The number of nitrogens with zero attached hydrogens (tertiary/aromatic N) is 3. The van der Waals surface area contributed by atoms with Crippen molar-refractivity contribution in [1.29, 1.82) is 0 Å². The molecular weight excluding hydrogens is 294 g/mol. The zero-order valence-corrected chi connectivity index (χ0v) is 13.2. The summed E-state index contributed by atoms with van der Waals surface area (Å²) in [5, 5.41) is 0. The van der Waals surface area contributed by atoms with Gasteiger partial charge in [-0.3, -0.25) is 9.69 Å². The maximum Gasteiger partial charge on any atom is 0.334 e. The summed E-state index contributed by atoms with van der Waals surface area (Å²) in [4.78, 5) is 39.1. The van der Waals surface area contributed by atoms with Crippen LogP contribution in [0.25, 0.3) is 0 Å². The average molecular weight is 317 g/mol. The van der Waals surface area contributed by atoms with E-state index in [9.17, 15) is 14.4 Å². The highest BCUT2D eigenvalue weighted by atomic mass is 16.6. The number of ether oxygens (including phenoxy) is 3. The molecule has 1 heterocycles. The maximum atomic E-state index is 12.4. The van der Waals surface area contributed by atoms with Gasteiger partial charge in [-0.05, 0) is 0 Å². The van der Waals surface area contributed by atoms with E-state index in [1.165, 1.54) is 19.1 Å². The van der Waals surface area contributed by atoms with E-state index in [4.69, 9.17) is 14.2 Å². The lowest BCUT2D eigenvalue weighted by Crippen LogP contribution is -2.52. The van der Waals surface area contributed by atoms with Crippen LogP contribution in [-0.2, 0) is 19.0 Å². The molecule has 1 rings (SSSR count). The molecule has 9 nitrogen and oxygen atoms in total. The number of carbonyl (C=O) groups is 3. The zero-order valence-electron chi connectivity index (χ0n) is 13.2. The second-order valence-electron chi connectivity index (χ2n) is 4.84. The van der Waals surface area contributed by atoms with Gasteiger partial charge in [0.05, 0.1) is 39.0 Å². The van der Waals surface area contributed by atoms with Gasteiger partial charge in [-0.15, -0.1) is 0 Å². The molecule has 126 valence electrons. The first-order valence-electron chi connectivity index (χ1n) is 6.93. The van der Waals surface area contributed by atoms with Crippen LogP contribution in [0.5, 0.6) is 0 Å². The molecule has 0 aliphatic carbocycles. The standard InChI is InChI=1S/C13H23N3O6/c1-14(4-6-20-2)12(18)16(5-7-21-3)13(19)15(10-17)8-11-9-22-11/h10-11H,4-9H2,1-3H3. The van der Waals surface area contributed by atoms with Crippen molar-refractivity contribution in [2.45, 2.75) is 6.10 Å². The van der Waals surface area contributed by atoms with Crippen molar-refractivity contribution in [3.05, 3.63) is 0 Å². The average Bonchev–Trinajstić information content (AvgIpc) is 3.34. The molecule has 0 aromatic heterocycles. The molecule has 0 saturated carbocycles. The molecule has 1 aliphatic heterocycles. The molecule has 5 amide bonds. The Labute approximate surface area is 129 Å². The SMILES string of the molecule is COCCN(C)C(=O)N(CCOC)C(=O)N(C=O)CC1CO1. The maximum absolute atomic E-state index is 12.4. The number of hydrogen-bond donors (Lipinski definition) is 0. The van der Waals surface area contributed by atoms with Crippen molar-refractivity contribution in [2.75, 3.05) is 60.7 Å². The minimum Gasteiger partial charge on any atom is -0.383 e. The first-order valence-corrected chi connectivity index (χ1v) is 6.93. The van der Waals surface area contributed by atoms with Crippen molar-refractivity contribution >= 4 is 18.5 Å². The molecule has 22 heavy (non-hydrogen) atoms. The van der Waals surface area contributed by atoms with Gasteiger partial charge >= 0.3 is 12.1 Å². The number of methoxy groups -OCH3 is 2. The minimum atomic E-state index is -0.684. The summed E-state index contributed by atoms with van der Waals surface area (Å²) in [6.45, 7) is 1.57. The van der Waals surface area contributed by atoms with Crippen LogP contribution in [0.1, 0.15) is 0 Å². The molecule has 0 N–H and O–H groups in total. The Kier molecular flexibility index (Phi) is 7.78. The smallest absolute Gasteiger partial charge is 0.334 e. The van der Waals surface area contributed by atoms with Crippen LogP contribution in [0.4, 0.5) is 9.59 Å². The second kappa shape index (κ2) is 9.34. The molecule has 1 aliphatic rings. The van der Waals surface area contributed by atoms with Crippen LogP contribution < -0.4 is 0 Å². The molecule has 1 saturated heterocycles. The summed E-state index contributed by atoms with van der Waals surface area (Å²) in [5.74, 6) is 0. The third kappa shape index (κ3) is 5.58. The van der Waals surface area contributed by atoms with E-state index >= 15 is 0 Å². The van der Waals surface area contributed by atoms with Crippen molar-refractivity contribution < 1.29 is 28.6 Å². The molecule has 0 bridgehead atoms. The highest BCUT2D eigenvalue weighted by Crippen LogP contribution is 2.12. The van der Waals surface area contributed by atoms with Crippen molar-refractivity contribution in [2.24, 2.45) is 0 Å². The predicted octanol–water partition coefficient (Wildman–Crippen LogP) is -0.390. The fourth-order valence-electron chi connectivity index (χ4n) is 1.70. The Morgan fingerprint density at radius 3 is 2.27 bits per heavy atom. The van der Waals surface area contributed by atoms with E-state index in [1.807, 2.05) is 0 Å². The van der Waals surface area contributed by atoms with E-state index in [0.29, 0.717) is 26.2 Å². The number of urea groups is 2. The molecule has 1 fully saturated rings. The molecule has 0 aromatic carbocycles. The third-order valence-electron chi connectivity index (χ3n) is 3.11. The Balaban J connectivity index is 2.72. The van der Waals surface area contributed by atoms with E-state index in [1.54, 1.807) is 7.05 Å². The number of amides is 5. The number of carbonyl (C=O) groups excluding carboxylic acids is 3.